The van der Waals surface area contributed by atoms with Crippen molar-refractivity contribution in [3.8, 4) is 0 Å². The first-order valence-electron chi connectivity index (χ1n) is 4.31. The lowest BCUT2D eigenvalue weighted by molar-refractivity contribution is 0.346. The molecule has 1 rings (SSSR count). The van der Waals surface area contributed by atoms with E-state index in [0.29, 0.717) is 0 Å². The highest BCUT2D eigenvalue weighted by molar-refractivity contribution is 4.62. The molecule has 0 saturated heterocycles. The van der Waals surface area contributed by atoms with Crippen molar-refractivity contribution in [2.45, 2.75) is 52.9 Å². The van der Waals surface area contributed by atoms with E-state index in [1.54, 1.807) is 0 Å². The Morgan fingerprint density at radius 2 is 1.44 bits per heavy atom. The molecule has 0 spiro atoms. The summed E-state index contributed by atoms with van der Waals surface area (Å²) in [4.78, 5) is 0. The van der Waals surface area contributed by atoms with Gasteiger partial charge in [0.2, 0.25) is 0 Å². The smallest absolute Gasteiger partial charge is 0.0443 e. The van der Waals surface area contributed by atoms with Gasteiger partial charge >= 0.3 is 0 Å². The molecule has 0 bridgehead atoms. The zero-order valence-corrected chi connectivity index (χ0v) is 7.11. The maximum atomic E-state index is 2.31. The molecule has 0 nitrogen and oxygen atoms in total. The third-order valence-corrected chi connectivity index (χ3v) is 1.89. The van der Waals surface area contributed by atoms with Crippen LogP contribution in [0.2, 0.25) is 0 Å². The summed E-state index contributed by atoms with van der Waals surface area (Å²) in [6.07, 6.45) is 7.10. The van der Waals surface area contributed by atoms with E-state index in [-0.39, 0.29) is 0 Å². The standard InChI is InChI=1S/C5H10.C4H10/c1-5-3-2-4-5;1-3-4-2/h5H,2-4H2,1H3;3-4H2,1-2H3. The molecule has 0 aromatic heterocycles. The van der Waals surface area contributed by atoms with Crippen LogP contribution in [0.1, 0.15) is 52.9 Å². The quantitative estimate of drug-likeness (QED) is 0.506. The molecule has 0 aromatic rings. The highest BCUT2D eigenvalue weighted by atomic mass is 14.1. The third kappa shape index (κ3) is 5.88. The van der Waals surface area contributed by atoms with Crippen molar-refractivity contribution in [3.63, 3.8) is 0 Å². The lowest BCUT2D eigenvalue weighted by Gasteiger charge is -2.18. The van der Waals surface area contributed by atoms with Crippen LogP contribution in [0.3, 0.4) is 0 Å². The van der Waals surface area contributed by atoms with E-state index >= 15 is 0 Å². The Hall–Kier alpha value is 0. The second kappa shape index (κ2) is 6.12. The Morgan fingerprint density at radius 3 is 1.44 bits per heavy atom. The highest BCUT2D eigenvalue weighted by Crippen LogP contribution is 2.24. The fourth-order valence-corrected chi connectivity index (χ4v) is 0.612. The van der Waals surface area contributed by atoms with Gasteiger partial charge in [-0.2, -0.15) is 0 Å². The fourth-order valence-electron chi connectivity index (χ4n) is 0.612. The largest absolute Gasteiger partial charge is 0.0654 e. The Kier molecular flexibility index (Phi) is 6.12. The van der Waals surface area contributed by atoms with E-state index in [9.17, 15) is 0 Å². The maximum absolute atomic E-state index is 2.31. The van der Waals surface area contributed by atoms with E-state index in [1.165, 1.54) is 32.1 Å². The van der Waals surface area contributed by atoms with Gasteiger partial charge in [-0.05, 0) is 5.92 Å². The summed E-state index contributed by atoms with van der Waals surface area (Å²) in [7, 11) is 0. The van der Waals surface area contributed by atoms with Crippen LogP contribution in [0.5, 0.6) is 0 Å². The average molecular weight is 128 g/mol. The molecule has 1 aliphatic carbocycles. The number of unbranched alkanes of at least 4 members (excludes halogenated alkanes) is 1. The van der Waals surface area contributed by atoms with Crippen molar-refractivity contribution in [1.82, 2.24) is 0 Å². The Labute approximate surface area is 59.7 Å². The van der Waals surface area contributed by atoms with Crippen LogP contribution in [-0.4, -0.2) is 0 Å². The monoisotopic (exact) mass is 128 g/mol. The van der Waals surface area contributed by atoms with Crippen molar-refractivity contribution in [1.29, 1.82) is 0 Å². The first kappa shape index (κ1) is 9.00. The minimum atomic E-state index is 1.06. The summed E-state index contributed by atoms with van der Waals surface area (Å²) in [5.74, 6) is 1.06. The SMILES string of the molecule is CC1CCC1.CCCC. The molecular formula is C9H20. The third-order valence-electron chi connectivity index (χ3n) is 1.89. The molecule has 0 N–H and O–H groups in total. The summed E-state index contributed by atoms with van der Waals surface area (Å²) in [5.41, 5.74) is 0. The van der Waals surface area contributed by atoms with Gasteiger partial charge in [0.25, 0.3) is 0 Å². The van der Waals surface area contributed by atoms with Gasteiger partial charge < -0.3 is 0 Å². The number of rotatable bonds is 1. The summed E-state index contributed by atoms with van der Waals surface area (Å²) >= 11 is 0. The first-order valence-corrected chi connectivity index (χ1v) is 4.31. The fraction of sp³-hybridized carbons (Fsp3) is 1.00. The van der Waals surface area contributed by atoms with Crippen LogP contribution < -0.4 is 0 Å². The number of hydrogen-bond acceptors (Lipinski definition) is 0. The van der Waals surface area contributed by atoms with E-state index in [2.05, 4.69) is 20.8 Å². The van der Waals surface area contributed by atoms with Crippen molar-refractivity contribution in [2.75, 3.05) is 0 Å². The van der Waals surface area contributed by atoms with E-state index < -0.39 is 0 Å². The summed E-state index contributed by atoms with van der Waals surface area (Å²) in [5, 5.41) is 0. The molecule has 1 aliphatic rings. The Morgan fingerprint density at radius 1 is 1.11 bits per heavy atom. The topological polar surface area (TPSA) is 0 Å². The minimum Gasteiger partial charge on any atom is -0.0654 e. The molecular weight excluding hydrogens is 108 g/mol. The maximum Gasteiger partial charge on any atom is -0.0443 e. The Bertz CT molecular complexity index is 42.0. The van der Waals surface area contributed by atoms with Crippen LogP contribution in [0.25, 0.3) is 0 Å². The van der Waals surface area contributed by atoms with Gasteiger partial charge in [0.15, 0.2) is 0 Å². The van der Waals surface area contributed by atoms with Gasteiger partial charge in [0.05, 0.1) is 0 Å². The second-order valence-corrected chi connectivity index (χ2v) is 3.04. The van der Waals surface area contributed by atoms with Gasteiger partial charge in [-0.25, -0.2) is 0 Å². The Balaban J connectivity index is 0.000000148. The van der Waals surface area contributed by atoms with Crippen LogP contribution in [-0.2, 0) is 0 Å². The van der Waals surface area contributed by atoms with Crippen LogP contribution in [0.4, 0.5) is 0 Å². The summed E-state index contributed by atoms with van der Waals surface area (Å²) < 4.78 is 0. The van der Waals surface area contributed by atoms with Gasteiger partial charge in [-0.1, -0.05) is 52.9 Å². The molecule has 0 aromatic carbocycles. The number of hydrogen-bond donors (Lipinski definition) is 0. The molecule has 1 saturated carbocycles. The molecule has 0 unspecified atom stereocenters. The molecule has 56 valence electrons. The zero-order valence-electron chi connectivity index (χ0n) is 7.11. The molecule has 0 radical (unpaired) electrons. The molecule has 0 atom stereocenters. The van der Waals surface area contributed by atoms with Crippen LogP contribution >= 0.6 is 0 Å². The van der Waals surface area contributed by atoms with Gasteiger partial charge in [0.1, 0.15) is 0 Å². The zero-order chi connectivity index (χ0) is 7.11. The van der Waals surface area contributed by atoms with Crippen molar-refractivity contribution < 1.29 is 0 Å². The highest BCUT2D eigenvalue weighted by Gasteiger charge is 2.09. The molecule has 1 fully saturated rings. The van der Waals surface area contributed by atoms with Crippen molar-refractivity contribution in [2.24, 2.45) is 5.92 Å². The van der Waals surface area contributed by atoms with Crippen molar-refractivity contribution >= 4 is 0 Å². The van der Waals surface area contributed by atoms with Gasteiger partial charge in [-0.3, -0.25) is 0 Å². The van der Waals surface area contributed by atoms with Gasteiger partial charge in [-0.15, -0.1) is 0 Å². The van der Waals surface area contributed by atoms with E-state index in [1.807, 2.05) is 0 Å². The van der Waals surface area contributed by atoms with Crippen LogP contribution in [0, 0.1) is 5.92 Å². The predicted octanol–water partition coefficient (Wildman–Crippen LogP) is 3.61. The lowest BCUT2D eigenvalue weighted by Crippen LogP contribution is -2.04. The molecule has 0 heterocycles. The van der Waals surface area contributed by atoms with E-state index in [4.69, 9.17) is 0 Å². The second-order valence-electron chi connectivity index (χ2n) is 3.04. The molecule has 0 amide bonds. The van der Waals surface area contributed by atoms with Gasteiger partial charge in [0, 0.05) is 0 Å². The predicted molar refractivity (Wildman–Crippen MR) is 43.6 cm³/mol. The lowest BCUT2D eigenvalue weighted by atomic mass is 9.88. The first-order chi connectivity index (χ1) is 4.31. The van der Waals surface area contributed by atoms with Crippen molar-refractivity contribution in [3.05, 3.63) is 0 Å². The van der Waals surface area contributed by atoms with Crippen LogP contribution in [0.15, 0.2) is 0 Å². The summed E-state index contributed by atoms with van der Waals surface area (Å²) in [6.45, 7) is 6.67. The molecule has 0 heteroatoms. The normalized spacial score (nSPS) is 17.7. The molecule has 0 aliphatic heterocycles. The average Bonchev–Trinajstić information content (AvgIpc) is 1.84. The minimum absolute atomic E-state index is 1.06. The molecule has 9 heavy (non-hydrogen) atoms. The summed E-state index contributed by atoms with van der Waals surface area (Å²) in [6, 6.07) is 0. The van der Waals surface area contributed by atoms with E-state index in [0.717, 1.165) is 5.92 Å².